The van der Waals surface area contributed by atoms with E-state index in [1.54, 1.807) is 23.9 Å². The predicted molar refractivity (Wildman–Crippen MR) is 102 cm³/mol. The average Bonchev–Trinajstić information content (AvgIpc) is 3.13. The van der Waals surface area contributed by atoms with Gasteiger partial charge in [-0.2, -0.15) is 0 Å². The molecule has 0 bridgehead atoms. The van der Waals surface area contributed by atoms with Crippen molar-refractivity contribution in [2.45, 2.75) is 19.1 Å². The third kappa shape index (κ3) is 3.94. The number of rotatable bonds is 4. The second-order valence-corrected chi connectivity index (χ2v) is 6.04. The molecule has 0 spiro atoms. The maximum Gasteiger partial charge on any atom is 0.138 e. The number of nitrogens with two attached hydrogens (primary N) is 1. The molecule has 2 atom stereocenters. The Bertz CT molecular complexity index is 916. The lowest BCUT2D eigenvalue weighted by atomic mass is 10.0. The highest BCUT2D eigenvalue weighted by atomic mass is 16.3. The molecule has 0 aliphatic heterocycles. The van der Waals surface area contributed by atoms with Crippen LogP contribution in [0.2, 0.25) is 0 Å². The number of nitrogen functional groups attached to an aromatic ring is 1. The molecule has 0 saturated heterocycles. The first-order valence-electron chi connectivity index (χ1n) is 8.37. The molecular formula is C21H21N3O2. The molecule has 4 N–H and O–H groups in total. The third-order valence-corrected chi connectivity index (χ3v) is 4.09. The molecule has 2 aromatic carbocycles. The van der Waals surface area contributed by atoms with Crippen LogP contribution in [-0.2, 0) is 0 Å². The molecule has 5 heteroatoms. The van der Waals surface area contributed by atoms with Crippen molar-refractivity contribution in [2.75, 3.05) is 12.3 Å². The molecule has 0 fully saturated rings. The van der Waals surface area contributed by atoms with Crippen LogP contribution in [0.4, 0.5) is 5.69 Å². The maximum atomic E-state index is 9.76. The maximum absolute atomic E-state index is 9.76. The summed E-state index contributed by atoms with van der Waals surface area (Å²) < 4.78 is 1.69. The SMILES string of the molecule is C[C@H](O)c1nccn1[C@@H](C#Cc1ccc(-c2ccc(N)cc2)cc1)CO. The minimum Gasteiger partial charge on any atom is -0.399 e. The van der Waals surface area contributed by atoms with E-state index >= 15 is 0 Å². The summed E-state index contributed by atoms with van der Waals surface area (Å²) in [5.74, 6) is 6.61. The minimum atomic E-state index is -0.722. The zero-order chi connectivity index (χ0) is 18.5. The summed E-state index contributed by atoms with van der Waals surface area (Å²) in [7, 11) is 0. The number of imidazole rings is 1. The van der Waals surface area contributed by atoms with Crippen LogP contribution in [-0.4, -0.2) is 26.4 Å². The summed E-state index contributed by atoms with van der Waals surface area (Å²) >= 11 is 0. The first kappa shape index (κ1) is 17.7. The number of anilines is 1. The summed E-state index contributed by atoms with van der Waals surface area (Å²) in [5.41, 5.74) is 9.48. The number of aliphatic hydroxyl groups is 2. The van der Waals surface area contributed by atoms with Gasteiger partial charge < -0.3 is 20.5 Å². The van der Waals surface area contributed by atoms with Gasteiger partial charge in [-0.25, -0.2) is 4.98 Å². The van der Waals surface area contributed by atoms with Gasteiger partial charge in [-0.1, -0.05) is 36.1 Å². The Labute approximate surface area is 152 Å². The molecule has 1 aromatic heterocycles. The Morgan fingerprint density at radius 1 is 1.08 bits per heavy atom. The van der Waals surface area contributed by atoms with Gasteiger partial charge in [0.15, 0.2) is 0 Å². The molecule has 0 unspecified atom stereocenters. The van der Waals surface area contributed by atoms with E-state index in [1.165, 1.54) is 0 Å². The zero-order valence-corrected chi connectivity index (χ0v) is 14.5. The summed E-state index contributed by atoms with van der Waals surface area (Å²) in [5, 5.41) is 19.4. The fourth-order valence-electron chi connectivity index (χ4n) is 2.70. The van der Waals surface area contributed by atoms with E-state index in [0.29, 0.717) is 5.82 Å². The van der Waals surface area contributed by atoms with Crippen molar-refractivity contribution in [3.63, 3.8) is 0 Å². The molecule has 0 aliphatic rings. The Morgan fingerprint density at radius 3 is 2.27 bits per heavy atom. The summed E-state index contributed by atoms with van der Waals surface area (Å²) in [6.45, 7) is 1.48. The third-order valence-electron chi connectivity index (χ3n) is 4.09. The van der Waals surface area contributed by atoms with E-state index in [1.807, 2.05) is 48.5 Å². The Kier molecular flexibility index (Phi) is 5.37. The summed E-state index contributed by atoms with van der Waals surface area (Å²) in [6.07, 6.45) is 2.58. The van der Waals surface area contributed by atoms with E-state index < -0.39 is 12.1 Å². The molecule has 3 rings (SSSR count). The average molecular weight is 347 g/mol. The van der Waals surface area contributed by atoms with Gasteiger partial charge in [0.05, 0.1) is 6.61 Å². The molecule has 132 valence electrons. The second kappa shape index (κ2) is 7.87. The number of nitrogens with zero attached hydrogens (tertiary/aromatic N) is 2. The molecule has 3 aromatic rings. The lowest BCUT2D eigenvalue weighted by molar-refractivity contribution is 0.176. The molecule has 5 nitrogen and oxygen atoms in total. The summed E-state index contributed by atoms with van der Waals surface area (Å²) in [6, 6.07) is 15.1. The monoisotopic (exact) mass is 347 g/mol. The molecule has 0 saturated carbocycles. The molecular weight excluding hydrogens is 326 g/mol. The Balaban J connectivity index is 1.80. The minimum absolute atomic E-state index is 0.160. The van der Waals surface area contributed by atoms with Crippen LogP contribution in [0.15, 0.2) is 60.9 Å². The normalized spacial score (nSPS) is 12.9. The van der Waals surface area contributed by atoms with E-state index in [0.717, 1.165) is 22.4 Å². The van der Waals surface area contributed by atoms with Crippen LogP contribution in [0, 0.1) is 11.8 Å². The van der Waals surface area contributed by atoms with Crippen LogP contribution >= 0.6 is 0 Å². The highest BCUT2D eigenvalue weighted by Gasteiger charge is 2.14. The van der Waals surface area contributed by atoms with Crippen LogP contribution < -0.4 is 5.73 Å². The van der Waals surface area contributed by atoms with Crippen molar-refractivity contribution >= 4 is 5.69 Å². The molecule has 0 aliphatic carbocycles. The van der Waals surface area contributed by atoms with Crippen LogP contribution in [0.25, 0.3) is 11.1 Å². The van der Waals surface area contributed by atoms with Gasteiger partial charge in [0, 0.05) is 23.6 Å². The van der Waals surface area contributed by atoms with E-state index in [2.05, 4.69) is 16.8 Å². The van der Waals surface area contributed by atoms with Crippen molar-refractivity contribution < 1.29 is 10.2 Å². The molecule has 0 amide bonds. The number of hydrogen-bond acceptors (Lipinski definition) is 4. The van der Waals surface area contributed by atoms with Gasteiger partial charge in [0.1, 0.15) is 18.0 Å². The van der Waals surface area contributed by atoms with Gasteiger partial charge in [0.2, 0.25) is 0 Å². The topological polar surface area (TPSA) is 84.3 Å². The Hall–Kier alpha value is -3.07. The molecule has 26 heavy (non-hydrogen) atoms. The fourth-order valence-corrected chi connectivity index (χ4v) is 2.70. The quantitative estimate of drug-likeness (QED) is 0.500. The van der Waals surface area contributed by atoms with Crippen LogP contribution in [0.3, 0.4) is 0 Å². The number of aliphatic hydroxyl groups excluding tert-OH is 2. The van der Waals surface area contributed by atoms with Crippen LogP contribution in [0.1, 0.15) is 30.5 Å². The van der Waals surface area contributed by atoms with E-state index in [4.69, 9.17) is 5.73 Å². The van der Waals surface area contributed by atoms with E-state index in [-0.39, 0.29) is 6.61 Å². The molecule has 1 heterocycles. The van der Waals surface area contributed by atoms with Crippen molar-refractivity contribution in [1.29, 1.82) is 0 Å². The lowest BCUT2D eigenvalue weighted by Crippen LogP contribution is -2.15. The highest BCUT2D eigenvalue weighted by Crippen LogP contribution is 2.21. The molecule has 0 radical (unpaired) electrons. The van der Waals surface area contributed by atoms with Gasteiger partial charge in [0.25, 0.3) is 0 Å². The van der Waals surface area contributed by atoms with Crippen molar-refractivity contribution in [1.82, 2.24) is 9.55 Å². The summed E-state index contributed by atoms with van der Waals surface area (Å²) in [4.78, 5) is 4.12. The van der Waals surface area contributed by atoms with Gasteiger partial charge in [-0.05, 0) is 42.3 Å². The Morgan fingerprint density at radius 2 is 1.69 bits per heavy atom. The first-order chi connectivity index (χ1) is 12.6. The smallest absolute Gasteiger partial charge is 0.138 e. The van der Waals surface area contributed by atoms with E-state index in [9.17, 15) is 10.2 Å². The van der Waals surface area contributed by atoms with Crippen molar-refractivity contribution in [2.24, 2.45) is 0 Å². The van der Waals surface area contributed by atoms with Crippen molar-refractivity contribution in [3.8, 4) is 23.0 Å². The van der Waals surface area contributed by atoms with Gasteiger partial charge >= 0.3 is 0 Å². The standard InChI is InChI=1S/C21H21N3O2/c1-15(26)21-23-12-13-24(21)20(14-25)11-4-16-2-5-17(6-3-16)18-7-9-19(22)10-8-18/h2-3,5-10,12-13,15,20,25-26H,14,22H2,1H3/t15-,20-/m0/s1. The van der Waals surface area contributed by atoms with Gasteiger partial charge in [-0.15, -0.1) is 0 Å². The lowest BCUT2D eigenvalue weighted by Gasteiger charge is -2.14. The van der Waals surface area contributed by atoms with Crippen molar-refractivity contribution in [3.05, 3.63) is 72.3 Å². The largest absolute Gasteiger partial charge is 0.399 e. The zero-order valence-electron chi connectivity index (χ0n) is 14.5. The van der Waals surface area contributed by atoms with Crippen LogP contribution in [0.5, 0.6) is 0 Å². The fraction of sp³-hybridized carbons (Fsp3) is 0.190. The highest BCUT2D eigenvalue weighted by molar-refractivity contribution is 5.66. The second-order valence-electron chi connectivity index (χ2n) is 6.04. The number of benzene rings is 2. The first-order valence-corrected chi connectivity index (χ1v) is 8.37. The van der Waals surface area contributed by atoms with Gasteiger partial charge in [-0.3, -0.25) is 0 Å². The number of hydrogen-bond donors (Lipinski definition) is 3. The number of aromatic nitrogens is 2. The predicted octanol–water partition coefficient (Wildman–Crippen LogP) is 2.77.